The zero-order valence-corrected chi connectivity index (χ0v) is 12.4. The van der Waals surface area contributed by atoms with Crippen LogP contribution >= 0.6 is 0 Å². The quantitative estimate of drug-likeness (QED) is 0.900. The van der Waals surface area contributed by atoms with Crippen molar-refractivity contribution in [1.82, 2.24) is 0 Å². The average molecular weight is 301 g/mol. The fourth-order valence-corrected chi connectivity index (χ4v) is 3.18. The van der Waals surface area contributed by atoms with Crippen molar-refractivity contribution in [3.8, 4) is 5.75 Å². The topological polar surface area (TPSA) is 35.2 Å². The summed E-state index contributed by atoms with van der Waals surface area (Å²) in [5.74, 6) is 0.888. The van der Waals surface area contributed by atoms with Crippen LogP contribution in [0.25, 0.3) is 0 Å². The Kier molecular flexibility index (Phi) is 4.81. The number of halogens is 3. The highest BCUT2D eigenvalue weighted by Gasteiger charge is 2.36. The highest BCUT2D eigenvalue weighted by molar-refractivity contribution is 5.39. The van der Waals surface area contributed by atoms with Gasteiger partial charge < -0.3 is 10.5 Å². The van der Waals surface area contributed by atoms with Crippen LogP contribution in [0, 0.1) is 11.8 Å². The fourth-order valence-electron chi connectivity index (χ4n) is 3.18. The molecule has 1 aliphatic rings. The first-order valence-electron chi connectivity index (χ1n) is 7.36. The number of hydrogen-bond acceptors (Lipinski definition) is 2. The SMILES string of the molecule is CC1CC(C)CC(Oc2ccc(CN)cc2C(F)(F)F)C1. The van der Waals surface area contributed by atoms with Gasteiger partial charge in [-0.15, -0.1) is 0 Å². The molecule has 0 aromatic heterocycles. The van der Waals surface area contributed by atoms with Gasteiger partial charge in [-0.25, -0.2) is 0 Å². The lowest BCUT2D eigenvalue weighted by atomic mass is 9.82. The monoisotopic (exact) mass is 301 g/mol. The summed E-state index contributed by atoms with van der Waals surface area (Å²) in [5, 5.41) is 0. The molecule has 0 amide bonds. The summed E-state index contributed by atoms with van der Waals surface area (Å²) >= 11 is 0. The number of ether oxygens (including phenoxy) is 1. The Labute approximate surface area is 123 Å². The van der Waals surface area contributed by atoms with Crippen LogP contribution in [0.3, 0.4) is 0 Å². The summed E-state index contributed by atoms with van der Waals surface area (Å²) in [5.41, 5.74) is 5.16. The van der Waals surface area contributed by atoms with Gasteiger partial charge in [0.2, 0.25) is 0 Å². The molecule has 1 aliphatic carbocycles. The Morgan fingerprint density at radius 3 is 2.29 bits per heavy atom. The van der Waals surface area contributed by atoms with Crippen molar-refractivity contribution in [2.24, 2.45) is 17.6 Å². The lowest BCUT2D eigenvalue weighted by Crippen LogP contribution is -2.29. The Hall–Kier alpha value is -1.23. The van der Waals surface area contributed by atoms with Crippen LogP contribution in [0.4, 0.5) is 13.2 Å². The highest BCUT2D eigenvalue weighted by atomic mass is 19.4. The van der Waals surface area contributed by atoms with Crippen LogP contribution in [0.1, 0.15) is 44.2 Å². The van der Waals surface area contributed by atoms with E-state index >= 15 is 0 Å². The third-order valence-corrected chi connectivity index (χ3v) is 4.01. The summed E-state index contributed by atoms with van der Waals surface area (Å²) in [6.45, 7) is 4.32. The zero-order chi connectivity index (χ0) is 15.6. The van der Waals surface area contributed by atoms with Gasteiger partial charge in [-0.1, -0.05) is 19.9 Å². The summed E-state index contributed by atoms with van der Waals surface area (Å²) in [7, 11) is 0. The Morgan fingerprint density at radius 2 is 1.76 bits per heavy atom. The summed E-state index contributed by atoms with van der Waals surface area (Å²) in [6.07, 6.45) is -1.85. The van der Waals surface area contributed by atoms with Gasteiger partial charge in [0, 0.05) is 6.54 Å². The van der Waals surface area contributed by atoms with Crippen LogP contribution in [-0.4, -0.2) is 6.10 Å². The largest absolute Gasteiger partial charge is 0.490 e. The molecule has 118 valence electrons. The summed E-state index contributed by atoms with van der Waals surface area (Å²) < 4.78 is 45.1. The van der Waals surface area contributed by atoms with Crippen molar-refractivity contribution in [1.29, 1.82) is 0 Å². The molecule has 1 aromatic carbocycles. The first kappa shape index (κ1) is 16.1. The van der Waals surface area contributed by atoms with Crippen LogP contribution in [0.15, 0.2) is 18.2 Å². The fraction of sp³-hybridized carbons (Fsp3) is 0.625. The second-order valence-electron chi connectivity index (χ2n) is 6.19. The average Bonchev–Trinajstić information content (AvgIpc) is 2.36. The van der Waals surface area contributed by atoms with Gasteiger partial charge >= 0.3 is 6.18 Å². The minimum absolute atomic E-state index is 0.0778. The number of benzene rings is 1. The molecule has 2 atom stereocenters. The summed E-state index contributed by atoms with van der Waals surface area (Å²) in [4.78, 5) is 0. The molecule has 1 aromatic rings. The maximum absolute atomic E-state index is 13.2. The smallest absolute Gasteiger partial charge is 0.419 e. The molecule has 1 fully saturated rings. The highest BCUT2D eigenvalue weighted by Crippen LogP contribution is 2.39. The van der Waals surface area contributed by atoms with E-state index in [-0.39, 0.29) is 18.4 Å². The van der Waals surface area contributed by atoms with Gasteiger partial charge in [0.1, 0.15) is 5.75 Å². The molecule has 2 nitrogen and oxygen atoms in total. The van der Waals surface area contributed by atoms with Crippen LogP contribution in [0.2, 0.25) is 0 Å². The molecule has 5 heteroatoms. The second kappa shape index (κ2) is 6.26. The van der Waals surface area contributed by atoms with Gasteiger partial charge in [-0.05, 0) is 48.8 Å². The van der Waals surface area contributed by atoms with E-state index < -0.39 is 11.7 Å². The van der Waals surface area contributed by atoms with E-state index in [1.807, 2.05) is 0 Å². The van der Waals surface area contributed by atoms with E-state index in [0.717, 1.165) is 25.3 Å². The molecule has 1 saturated carbocycles. The standard InChI is InChI=1S/C16H22F3NO/c1-10-5-11(2)7-13(6-10)21-15-4-3-12(9-20)8-14(15)16(17,18)19/h3-4,8,10-11,13H,5-7,9,20H2,1-2H3. The lowest BCUT2D eigenvalue weighted by molar-refractivity contribution is -0.139. The van der Waals surface area contributed by atoms with Crippen molar-refractivity contribution in [2.45, 2.75) is 51.9 Å². The number of alkyl halides is 3. The van der Waals surface area contributed by atoms with Crippen molar-refractivity contribution in [3.63, 3.8) is 0 Å². The Bertz CT molecular complexity index is 477. The normalized spacial score (nSPS) is 26.7. The predicted octanol–water partition coefficient (Wildman–Crippen LogP) is 4.37. The van der Waals surface area contributed by atoms with E-state index in [1.54, 1.807) is 6.07 Å². The molecule has 0 heterocycles. The zero-order valence-electron chi connectivity index (χ0n) is 12.4. The van der Waals surface area contributed by atoms with E-state index in [2.05, 4.69) is 13.8 Å². The Morgan fingerprint density at radius 1 is 1.14 bits per heavy atom. The van der Waals surface area contributed by atoms with Gasteiger partial charge in [0.25, 0.3) is 0 Å². The number of hydrogen-bond donors (Lipinski definition) is 1. The van der Waals surface area contributed by atoms with Gasteiger partial charge in [0.15, 0.2) is 0 Å². The van der Waals surface area contributed by atoms with Crippen LogP contribution in [0.5, 0.6) is 5.75 Å². The molecule has 0 spiro atoms. The van der Waals surface area contributed by atoms with Crippen molar-refractivity contribution < 1.29 is 17.9 Å². The summed E-state index contributed by atoms with van der Waals surface area (Å²) in [6, 6.07) is 4.08. The van der Waals surface area contributed by atoms with E-state index in [0.29, 0.717) is 17.4 Å². The third-order valence-electron chi connectivity index (χ3n) is 4.01. The molecule has 2 unspecified atom stereocenters. The molecule has 2 rings (SSSR count). The molecule has 0 saturated heterocycles. The molecule has 0 aliphatic heterocycles. The minimum atomic E-state index is -4.42. The molecule has 0 bridgehead atoms. The van der Waals surface area contributed by atoms with Crippen LogP contribution < -0.4 is 10.5 Å². The molecule has 21 heavy (non-hydrogen) atoms. The molecule has 2 N–H and O–H groups in total. The molecular weight excluding hydrogens is 279 g/mol. The third kappa shape index (κ3) is 4.13. The lowest BCUT2D eigenvalue weighted by Gasteiger charge is -2.32. The molecular formula is C16H22F3NO. The van der Waals surface area contributed by atoms with Crippen molar-refractivity contribution in [3.05, 3.63) is 29.3 Å². The minimum Gasteiger partial charge on any atom is -0.490 e. The van der Waals surface area contributed by atoms with Crippen LogP contribution in [-0.2, 0) is 12.7 Å². The van der Waals surface area contributed by atoms with Gasteiger partial charge in [-0.3, -0.25) is 0 Å². The van der Waals surface area contributed by atoms with Crippen molar-refractivity contribution in [2.75, 3.05) is 0 Å². The van der Waals surface area contributed by atoms with Gasteiger partial charge in [0.05, 0.1) is 11.7 Å². The predicted molar refractivity (Wildman–Crippen MR) is 75.9 cm³/mol. The maximum atomic E-state index is 13.2. The first-order valence-corrected chi connectivity index (χ1v) is 7.36. The number of rotatable bonds is 3. The van der Waals surface area contributed by atoms with Gasteiger partial charge in [-0.2, -0.15) is 13.2 Å². The van der Waals surface area contributed by atoms with E-state index in [4.69, 9.17) is 10.5 Å². The second-order valence-corrected chi connectivity index (χ2v) is 6.19. The maximum Gasteiger partial charge on any atom is 0.419 e. The van der Waals surface area contributed by atoms with E-state index in [9.17, 15) is 13.2 Å². The Balaban J connectivity index is 2.23. The number of nitrogens with two attached hydrogens (primary N) is 1. The van der Waals surface area contributed by atoms with E-state index in [1.165, 1.54) is 6.07 Å². The molecule has 0 radical (unpaired) electrons. The van der Waals surface area contributed by atoms with Crippen molar-refractivity contribution >= 4 is 0 Å². The first-order chi connectivity index (χ1) is 9.79.